The minimum absolute atomic E-state index is 0.158. The van der Waals surface area contributed by atoms with Gasteiger partial charge in [0.2, 0.25) is 0 Å². The summed E-state index contributed by atoms with van der Waals surface area (Å²) in [6.45, 7) is 3.83. The van der Waals surface area contributed by atoms with Crippen LogP contribution < -0.4 is 14.2 Å². The van der Waals surface area contributed by atoms with E-state index < -0.39 is 14.9 Å². The standard InChI is InChI=1S/C16H18N2O6S/c1-4-24-14-8-6-12(9-15(14)23-3)17-25(21,22)16-10-13(18(19)20)7-5-11(16)2/h5-10,17H,4H2,1-3H3. The number of nitro groups is 1. The van der Waals surface area contributed by atoms with Crippen molar-refractivity contribution in [2.75, 3.05) is 18.4 Å². The van der Waals surface area contributed by atoms with Crippen LogP contribution in [-0.2, 0) is 10.0 Å². The van der Waals surface area contributed by atoms with Gasteiger partial charge in [0.1, 0.15) is 0 Å². The first-order valence-corrected chi connectivity index (χ1v) is 8.85. The van der Waals surface area contributed by atoms with E-state index in [1.54, 1.807) is 13.0 Å². The van der Waals surface area contributed by atoms with Crippen molar-refractivity contribution in [3.05, 3.63) is 52.1 Å². The SMILES string of the molecule is CCOc1ccc(NS(=O)(=O)c2cc([N+](=O)[O-])ccc2C)cc1OC. The molecule has 25 heavy (non-hydrogen) atoms. The molecule has 0 heterocycles. The zero-order chi connectivity index (χ0) is 18.6. The number of benzene rings is 2. The van der Waals surface area contributed by atoms with Crippen molar-refractivity contribution in [2.24, 2.45) is 0 Å². The zero-order valence-electron chi connectivity index (χ0n) is 14.0. The second-order valence-electron chi connectivity index (χ2n) is 5.11. The lowest BCUT2D eigenvalue weighted by Gasteiger charge is -2.13. The first-order chi connectivity index (χ1) is 11.8. The third-order valence-corrected chi connectivity index (χ3v) is 4.91. The molecule has 8 nitrogen and oxygen atoms in total. The van der Waals surface area contributed by atoms with Gasteiger partial charge >= 0.3 is 0 Å². The lowest BCUT2D eigenvalue weighted by atomic mass is 10.2. The van der Waals surface area contributed by atoms with Crippen molar-refractivity contribution in [3.63, 3.8) is 0 Å². The molecule has 2 aromatic rings. The Hall–Kier alpha value is -2.81. The highest BCUT2D eigenvalue weighted by Crippen LogP contribution is 2.31. The summed E-state index contributed by atoms with van der Waals surface area (Å²) in [6, 6.07) is 8.27. The van der Waals surface area contributed by atoms with Gasteiger partial charge in [-0.1, -0.05) is 6.07 Å². The Morgan fingerprint density at radius 2 is 1.88 bits per heavy atom. The molecule has 0 amide bonds. The molecule has 2 aromatic carbocycles. The topological polar surface area (TPSA) is 108 Å². The van der Waals surface area contributed by atoms with Crippen molar-refractivity contribution < 1.29 is 22.8 Å². The molecule has 0 aromatic heterocycles. The van der Waals surface area contributed by atoms with Crippen LogP contribution in [0.25, 0.3) is 0 Å². The summed E-state index contributed by atoms with van der Waals surface area (Å²) in [7, 11) is -2.56. The van der Waals surface area contributed by atoms with E-state index in [0.29, 0.717) is 23.7 Å². The number of non-ortho nitro benzene ring substituents is 1. The van der Waals surface area contributed by atoms with Crippen LogP contribution in [0.15, 0.2) is 41.3 Å². The molecule has 0 spiro atoms. The number of methoxy groups -OCH3 is 1. The molecule has 0 aliphatic rings. The van der Waals surface area contributed by atoms with Gasteiger partial charge in [0.05, 0.1) is 29.2 Å². The van der Waals surface area contributed by atoms with E-state index in [0.717, 1.165) is 6.07 Å². The minimum atomic E-state index is -4.00. The molecule has 1 N–H and O–H groups in total. The summed E-state index contributed by atoms with van der Waals surface area (Å²) < 4.78 is 38.2. The van der Waals surface area contributed by atoms with Crippen LogP contribution in [-0.4, -0.2) is 27.1 Å². The molecule has 0 saturated carbocycles. The highest BCUT2D eigenvalue weighted by atomic mass is 32.2. The van der Waals surface area contributed by atoms with Gasteiger partial charge in [0, 0.05) is 18.2 Å². The molecule has 0 unspecified atom stereocenters. The number of nitrogens with one attached hydrogen (secondary N) is 1. The van der Waals surface area contributed by atoms with Gasteiger partial charge < -0.3 is 9.47 Å². The fourth-order valence-electron chi connectivity index (χ4n) is 2.21. The van der Waals surface area contributed by atoms with Gasteiger partial charge in [0.25, 0.3) is 15.7 Å². The quantitative estimate of drug-likeness (QED) is 0.596. The first-order valence-electron chi connectivity index (χ1n) is 7.37. The summed E-state index contributed by atoms with van der Waals surface area (Å²) in [6.07, 6.45) is 0. The Morgan fingerprint density at radius 3 is 2.48 bits per heavy atom. The van der Waals surface area contributed by atoms with Crippen molar-refractivity contribution >= 4 is 21.4 Å². The number of sulfonamides is 1. The van der Waals surface area contributed by atoms with Gasteiger partial charge in [0.15, 0.2) is 11.5 Å². The first kappa shape index (κ1) is 18.5. The summed E-state index contributed by atoms with van der Waals surface area (Å²) in [4.78, 5) is 10.1. The molecule has 2 rings (SSSR count). The molecule has 0 aliphatic carbocycles. The number of hydrogen-bond donors (Lipinski definition) is 1. The molecule has 0 radical (unpaired) electrons. The van der Waals surface area contributed by atoms with Gasteiger partial charge in [-0.05, 0) is 31.5 Å². The normalized spacial score (nSPS) is 11.0. The molecular formula is C16H18N2O6S. The molecule has 9 heteroatoms. The summed E-state index contributed by atoms with van der Waals surface area (Å²) in [5, 5.41) is 10.9. The van der Waals surface area contributed by atoms with E-state index >= 15 is 0 Å². The van der Waals surface area contributed by atoms with E-state index in [1.165, 1.54) is 31.4 Å². The maximum Gasteiger partial charge on any atom is 0.270 e. The molecule has 0 atom stereocenters. The van der Waals surface area contributed by atoms with Crippen molar-refractivity contribution in [1.29, 1.82) is 0 Å². The Morgan fingerprint density at radius 1 is 1.16 bits per heavy atom. The van der Waals surface area contributed by atoms with Gasteiger partial charge in [-0.3, -0.25) is 14.8 Å². The zero-order valence-corrected chi connectivity index (χ0v) is 14.8. The monoisotopic (exact) mass is 366 g/mol. The lowest BCUT2D eigenvalue weighted by Crippen LogP contribution is -2.14. The fourth-order valence-corrected chi connectivity index (χ4v) is 3.52. The van der Waals surface area contributed by atoms with Gasteiger partial charge in [-0.2, -0.15) is 0 Å². The second-order valence-corrected chi connectivity index (χ2v) is 6.76. The fraction of sp³-hybridized carbons (Fsp3) is 0.250. The average molecular weight is 366 g/mol. The van der Waals surface area contributed by atoms with E-state index in [9.17, 15) is 18.5 Å². The van der Waals surface area contributed by atoms with Crippen LogP contribution in [0.3, 0.4) is 0 Å². The lowest BCUT2D eigenvalue weighted by molar-refractivity contribution is -0.385. The average Bonchev–Trinajstić information content (AvgIpc) is 2.56. The van der Waals surface area contributed by atoms with Crippen molar-refractivity contribution in [1.82, 2.24) is 0 Å². The predicted molar refractivity (Wildman–Crippen MR) is 92.8 cm³/mol. The van der Waals surface area contributed by atoms with E-state index in [4.69, 9.17) is 9.47 Å². The number of nitrogens with zero attached hydrogens (tertiary/aromatic N) is 1. The summed E-state index contributed by atoms with van der Waals surface area (Å²) in [5.74, 6) is 0.859. The Balaban J connectivity index is 2.39. The maximum absolute atomic E-state index is 12.6. The van der Waals surface area contributed by atoms with Crippen LogP contribution >= 0.6 is 0 Å². The maximum atomic E-state index is 12.6. The van der Waals surface area contributed by atoms with E-state index in [2.05, 4.69) is 4.72 Å². The Labute approximate surface area is 145 Å². The smallest absolute Gasteiger partial charge is 0.270 e. The predicted octanol–water partition coefficient (Wildman–Crippen LogP) is 3.11. The number of rotatable bonds is 7. The van der Waals surface area contributed by atoms with Crippen LogP contribution in [0.2, 0.25) is 0 Å². The highest BCUT2D eigenvalue weighted by molar-refractivity contribution is 7.92. The molecule has 0 aliphatic heterocycles. The largest absolute Gasteiger partial charge is 0.493 e. The van der Waals surface area contributed by atoms with Crippen LogP contribution in [0.1, 0.15) is 12.5 Å². The second kappa shape index (κ2) is 7.39. The van der Waals surface area contributed by atoms with Crippen LogP contribution in [0.5, 0.6) is 11.5 Å². The summed E-state index contributed by atoms with van der Waals surface area (Å²) >= 11 is 0. The van der Waals surface area contributed by atoms with Crippen LogP contribution in [0, 0.1) is 17.0 Å². The Bertz CT molecular complexity index is 895. The van der Waals surface area contributed by atoms with Gasteiger partial charge in [-0.25, -0.2) is 8.42 Å². The molecule has 0 bridgehead atoms. The molecule has 0 fully saturated rings. The number of aryl methyl sites for hydroxylation is 1. The van der Waals surface area contributed by atoms with E-state index in [1.807, 2.05) is 6.92 Å². The molecule has 134 valence electrons. The third kappa shape index (κ3) is 4.18. The minimum Gasteiger partial charge on any atom is -0.493 e. The van der Waals surface area contributed by atoms with Crippen molar-refractivity contribution in [2.45, 2.75) is 18.7 Å². The van der Waals surface area contributed by atoms with E-state index in [-0.39, 0.29) is 16.3 Å². The third-order valence-electron chi connectivity index (χ3n) is 3.39. The van der Waals surface area contributed by atoms with Crippen LogP contribution in [0.4, 0.5) is 11.4 Å². The summed E-state index contributed by atoms with van der Waals surface area (Å²) in [5.41, 5.74) is 0.359. The number of anilines is 1. The Kier molecular flexibility index (Phi) is 5.48. The number of hydrogen-bond acceptors (Lipinski definition) is 6. The number of nitro benzene ring substituents is 1. The van der Waals surface area contributed by atoms with Gasteiger partial charge in [-0.15, -0.1) is 0 Å². The van der Waals surface area contributed by atoms with Crippen molar-refractivity contribution in [3.8, 4) is 11.5 Å². The highest BCUT2D eigenvalue weighted by Gasteiger charge is 2.21. The number of ether oxygens (including phenoxy) is 2. The molecule has 0 saturated heterocycles. The molecular weight excluding hydrogens is 348 g/mol.